The fourth-order valence-electron chi connectivity index (χ4n) is 1.45. The second kappa shape index (κ2) is 2.33. The Labute approximate surface area is 69.3 Å². The van der Waals surface area contributed by atoms with Gasteiger partial charge in [0.1, 0.15) is 10.9 Å². The van der Waals surface area contributed by atoms with E-state index in [2.05, 4.69) is 6.07 Å². The number of hydrogen-bond acceptors (Lipinski definition) is 3. The molecule has 56 valence electrons. The number of hydrogen-bond donors (Lipinski definition) is 1. The zero-order chi connectivity index (χ0) is 7.84. The number of nitriles is 1. The van der Waals surface area contributed by atoms with Crippen LogP contribution in [-0.4, -0.2) is 0 Å². The molecular formula is C8H8N2S. The molecule has 0 radical (unpaired) electrons. The SMILES string of the molecule is N#Cc1cc2c(s1)CC[C@@H]2N. The van der Waals surface area contributed by atoms with Gasteiger partial charge in [0.15, 0.2) is 0 Å². The first-order valence-corrected chi connectivity index (χ1v) is 4.41. The molecule has 0 spiro atoms. The minimum atomic E-state index is 0.184. The van der Waals surface area contributed by atoms with Crippen molar-refractivity contribution in [3.63, 3.8) is 0 Å². The Morgan fingerprint density at radius 2 is 2.55 bits per heavy atom. The van der Waals surface area contributed by atoms with Crippen LogP contribution in [0.25, 0.3) is 0 Å². The normalized spacial score (nSPS) is 21.3. The van der Waals surface area contributed by atoms with Gasteiger partial charge in [-0.05, 0) is 24.5 Å². The van der Waals surface area contributed by atoms with Crippen molar-refractivity contribution in [1.29, 1.82) is 5.26 Å². The molecule has 0 bridgehead atoms. The Bertz CT molecular complexity index is 321. The maximum atomic E-state index is 8.60. The van der Waals surface area contributed by atoms with E-state index < -0.39 is 0 Å². The van der Waals surface area contributed by atoms with E-state index in [1.807, 2.05) is 6.07 Å². The predicted octanol–water partition coefficient (Wildman–Crippen LogP) is 1.57. The van der Waals surface area contributed by atoms with Crippen LogP contribution in [0.15, 0.2) is 6.07 Å². The standard InChI is InChI=1S/C8H8N2S/c9-4-5-3-6-7(10)1-2-8(6)11-5/h3,7H,1-2,10H2/t7-/m0/s1. The second-order valence-corrected chi connectivity index (χ2v) is 3.88. The van der Waals surface area contributed by atoms with Gasteiger partial charge in [0, 0.05) is 10.9 Å². The molecule has 0 aromatic carbocycles. The number of aryl methyl sites for hydroxylation is 1. The summed E-state index contributed by atoms with van der Waals surface area (Å²) >= 11 is 1.58. The smallest absolute Gasteiger partial charge is 0.110 e. The highest BCUT2D eigenvalue weighted by Crippen LogP contribution is 2.35. The first kappa shape index (κ1) is 6.84. The quantitative estimate of drug-likeness (QED) is 0.632. The Morgan fingerprint density at radius 1 is 1.73 bits per heavy atom. The van der Waals surface area contributed by atoms with E-state index in [9.17, 15) is 0 Å². The van der Waals surface area contributed by atoms with Crippen molar-refractivity contribution in [2.75, 3.05) is 0 Å². The van der Waals surface area contributed by atoms with Crippen LogP contribution < -0.4 is 5.73 Å². The first-order chi connectivity index (χ1) is 5.31. The monoisotopic (exact) mass is 164 g/mol. The number of thiophene rings is 1. The molecule has 1 aromatic rings. The van der Waals surface area contributed by atoms with Crippen LogP contribution in [0.2, 0.25) is 0 Å². The van der Waals surface area contributed by atoms with Crippen LogP contribution in [-0.2, 0) is 6.42 Å². The lowest BCUT2D eigenvalue weighted by Crippen LogP contribution is -2.04. The van der Waals surface area contributed by atoms with Crippen molar-refractivity contribution in [2.45, 2.75) is 18.9 Å². The van der Waals surface area contributed by atoms with Crippen LogP contribution >= 0.6 is 11.3 Å². The Balaban J connectivity index is 2.48. The molecule has 0 amide bonds. The minimum Gasteiger partial charge on any atom is -0.324 e. The van der Waals surface area contributed by atoms with Gasteiger partial charge in [0.25, 0.3) is 0 Å². The van der Waals surface area contributed by atoms with Crippen molar-refractivity contribution in [3.8, 4) is 6.07 Å². The van der Waals surface area contributed by atoms with Crippen molar-refractivity contribution in [2.24, 2.45) is 5.73 Å². The van der Waals surface area contributed by atoms with Gasteiger partial charge in [0.05, 0.1) is 0 Å². The molecule has 2 N–H and O–H groups in total. The Hall–Kier alpha value is -0.850. The summed E-state index contributed by atoms with van der Waals surface area (Å²) < 4.78 is 0. The molecule has 1 heterocycles. The molecule has 0 aliphatic heterocycles. The van der Waals surface area contributed by atoms with Gasteiger partial charge < -0.3 is 5.73 Å². The summed E-state index contributed by atoms with van der Waals surface area (Å²) in [5, 5.41) is 8.60. The highest BCUT2D eigenvalue weighted by molar-refractivity contribution is 7.12. The third kappa shape index (κ3) is 0.953. The molecule has 11 heavy (non-hydrogen) atoms. The molecule has 3 heteroatoms. The molecule has 0 unspecified atom stereocenters. The molecule has 1 atom stereocenters. The van der Waals surface area contributed by atoms with Gasteiger partial charge in [-0.15, -0.1) is 11.3 Å². The summed E-state index contributed by atoms with van der Waals surface area (Å²) in [6.45, 7) is 0. The number of nitrogens with two attached hydrogens (primary N) is 1. The van der Waals surface area contributed by atoms with E-state index in [-0.39, 0.29) is 6.04 Å². The minimum absolute atomic E-state index is 0.184. The van der Waals surface area contributed by atoms with Gasteiger partial charge in [-0.3, -0.25) is 0 Å². The lowest BCUT2D eigenvalue weighted by atomic mass is 10.2. The van der Waals surface area contributed by atoms with E-state index >= 15 is 0 Å². The molecule has 1 aliphatic rings. The highest BCUT2D eigenvalue weighted by Gasteiger charge is 2.21. The fourth-order valence-corrected chi connectivity index (χ4v) is 2.49. The molecule has 1 aromatic heterocycles. The molecule has 0 saturated heterocycles. The molecule has 2 nitrogen and oxygen atoms in total. The topological polar surface area (TPSA) is 49.8 Å². The Morgan fingerprint density at radius 3 is 3.18 bits per heavy atom. The van der Waals surface area contributed by atoms with E-state index in [0.29, 0.717) is 0 Å². The largest absolute Gasteiger partial charge is 0.324 e. The zero-order valence-corrected chi connectivity index (χ0v) is 6.82. The van der Waals surface area contributed by atoms with Gasteiger partial charge in [-0.1, -0.05) is 0 Å². The molecular weight excluding hydrogens is 156 g/mol. The summed E-state index contributed by atoms with van der Waals surface area (Å²) in [7, 11) is 0. The zero-order valence-electron chi connectivity index (χ0n) is 6.00. The van der Waals surface area contributed by atoms with Gasteiger partial charge in [-0.25, -0.2) is 0 Å². The van der Waals surface area contributed by atoms with Crippen molar-refractivity contribution < 1.29 is 0 Å². The molecule has 0 saturated carbocycles. The third-order valence-corrected chi connectivity index (χ3v) is 3.15. The summed E-state index contributed by atoms with van der Waals surface area (Å²) in [6, 6.07) is 4.25. The summed E-state index contributed by atoms with van der Waals surface area (Å²) in [5.74, 6) is 0. The Kier molecular flexibility index (Phi) is 1.45. The van der Waals surface area contributed by atoms with Crippen molar-refractivity contribution >= 4 is 11.3 Å². The molecule has 0 fully saturated rings. The van der Waals surface area contributed by atoms with Crippen LogP contribution in [0.3, 0.4) is 0 Å². The van der Waals surface area contributed by atoms with E-state index in [1.165, 1.54) is 10.4 Å². The average molecular weight is 164 g/mol. The maximum absolute atomic E-state index is 8.60. The van der Waals surface area contributed by atoms with E-state index in [0.717, 1.165) is 17.7 Å². The van der Waals surface area contributed by atoms with Gasteiger partial charge in [0.2, 0.25) is 0 Å². The maximum Gasteiger partial charge on any atom is 0.110 e. The number of nitrogens with zero attached hydrogens (tertiary/aromatic N) is 1. The van der Waals surface area contributed by atoms with Gasteiger partial charge in [-0.2, -0.15) is 5.26 Å². The summed E-state index contributed by atoms with van der Waals surface area (Å²) in [5.41, 5.74) is 7.01. The van der Waals surface area contributed by atoms with Crippen molar-refractivity contribution in [3.05, 3.63) is 21.4 Å². The molecule has 2 rings (SSSR count). The second-order valence-electron chi connectivity index (χ2n) is 2.75. The predicted molar refractivity (Wildman–Crippen MR) is 44.3 cm³/mol. The fraction of sp³-hybridized carbons (Fsp3) is 0.375. The van der Waals surface area contributed by atoms with Crippen LogP contribution in [0, 0.1) is 11.3 Å². The van der Waals surface area contributed by atoms with Crippen LogP contribution in [0.1, 0.15) is 27.8 Å². The summed E-state index contributed by atoms with van der Waals surface area (Å²) in [4.78, 5) is 2.11. The third-order valence-electron chi connectivity index (χ3n) is 2.03. The first-order valence-electron chi connectivity index (χ1n) is 3.59. The average Bonchev–Trinajstić information content (AvgIpc) is 2.53. The number of fused-ring (bicyclic) bond motifs is 1. The lowest BCUT2D eigenvalue weighted by molar-refractivity contribution is 0.713. The van der Waals surface area contributed by atoms with E-state index in [1.54, 1.807) is 11.3 Å². The lowest BCUT2D eigenvalue weighted by Gasteiger charge is -1.97. The number of rotatable bonds is 0. The van der Waals surface area contributed by atoms with Crippen molar-refractivity contribution in [1.82, 2.24) is 0 Å². The van der Waals surface area contributed by atoms with Crippen LogP contribution in [0.4, 0.5) is 0 Å². The summed E-state index contributed by atoms with van der Waals surface area (Å²) in [6.07, 6.45) is 2.11. The molecule has 1 aliphatic carbocycles. The van der Waals surface area contributed by atoms with Crippen LogP contribution in [0.5, 0.6) is 0 Å². The van der Waals surface area contributed by atoms with E-state index in [4.69, 9.17) is 11.0 Å². The van der Waals surface area contributed by atoms with Gasteiger partial charge >= 0.3 is 0 Å². The highest BCUT2D eigenvalue weighted by atomic mass is 32.1.